The molecule has 3 aromatic rings. The summed E-state index contributed by atoms with van der Waals surface area (Å²) < 4.78 is 18.8. The maximum absolute atomic E-state index is 13.2. The predicted octanol–water partition coefficient (Wildman–Crippen LogP) is 3.71. The van der Waals surface area contributed by atoms with E-state index in [1.807, 2.05) is 22.9 Å². The van der Waals surface area contributed by atoms with Crippen LogP contribution in [0.1, 0.15) is 75.7 Å². The average Bonchev–Trinajstić information content (AvgIpc) is 3.67. The monoisotopic (exact) mass is 494 g/mol. The first-order valence-corrected chi connectivity index (χ1v) is 13.3. The Morgan fingerprint density at radius 1 is 1.11 bits per heavy atom. The molecule has 0 bridgehead atoms. The highest BCUT2D eigenvalue weighted by Gasteiger charge is 2.33. The van der Waals surface area contributed by atoms with Crippen molar-refractivity contribution in [3.8, 4) is 11.5 Å². The van der Waals surface area contributed by atoms with Crippen LogP contribution in [-0.4, -0.2) is 55.6 Å². The first kappa shape index (κ1) is 23.4. The predicted molar refractivity (Wildman–Crippen MR) is 133 cm³/mol. The number of pyridine rings is 1. The SMILES string of the molecule is CC[C@@H](c1nnnn1C[C@@H]1CCCO1)N(Cc1cc2cc3c(cc2[nH]c1=O)OCO3)C1CCCCC1. The van der Waals surface area contributed by atoms with E-state index in [4.69, 9.17) is 14.2 Å². The molecule has 0 spiro atoms. The summed E-state index contributed by atoms with van der Waals surface area (Å²) in [6.45, 7) is 4.39. The van der Waals surface area contributed by atoms with E-state index < -0.39 is 0 Å². The van der Waals surface area contributed by atoms with Gasteiger partial charge in [-0.1, -0.05) is 26.2 Å². The fourth-order valence-electron chi connectivity index (χ4n) is 5.99. The Balaban J connectivity index is 1.34. The van der Waals surface area contributed by atoms with E-state index in [9.17, 15) is 4.79 Å². The quantitative estimate of drug-likeness (QED) is 0.505. The third kappa shape index (κ3) is 4.59. The summed E-state index contributed by atoms with van der Waals surface area (Å²) in [6, 6.07) is 6.17. The van der Waals surface area contributed by atoms with Gasteiger partial charge in [0.15, 0.2) is 17.3 Å². The topological polar surface area (TPSA) is 107 Å². The zero-order valence-electron chi connectivity index (χ0n) is 20.8. The lowest BCUT2D eigenvalue weighted by Gasteiger charge is -2.39. The third-order valence-corrected chi connectivity index (χ3v) is 7.86. The Labute approximate surface area is 209 Å². The molecule has 1 aromatic carbocycles. The number of tetrazole rings is 1. The minimum absolute atomic E-state index is 0.0105. The summed E-state index contributed by atoms with van der Waals surface area (Å²) in [4.78, 5) is 18.8. The van der Waals surface area contributed by atoms with Crippen LogP contribution >= 0.6 is 0 Å². The maximum Gasteiger partial charge on any atom is 0.252 e. The van der Waals surface area contributed by atoms with Gasteiger partial charge in [0.2, 0.25) is 6.79 Å². The standard InChI is InChI=1S/C26H34N6O4/c1-2-22(25-28-29-30-32(25)15-20-9-6-10-34-20)31(19-7-4-3-5-8-19)14-18-11-17-12-23-24(36-16-35-23)13-21(17)27-26(18)33/h11-13,19-20,22H,2-10,14-16H2,1H3,(H,27,33)/t20-,22-/m0/s1. The van der Waals surface area contributed by atoms with Gasteiger partial charge in [-0.25, -0.2) is 4.68 Å². The number of aromatic nitrogens is 5. The first-order chi connectivity index (χ1) is 17.7. The molecule has 1 aliphatic carbocycles. The molecule has 4 heterocycles. The molecule has 10 nitrogen and oxygen atoms in total. The maximum atomic E-state index is 13.2. The van der Waals surface area contributed by atoms with E-state index in [0.29, 0.717) is 30.6 Å². The molecule has 1 N–H and O–H groups in total. The zero-order chi connectivity index (χ0) is 24.5. The number of benzene rings is 1. The molecule has 3 aliphatic rings. The van der Waals surface area contributed by atoms with Crippen LogP contribution in [0.4, 0.5) is 0 Å². The van der Waals surface area contributed by atoms with Crippen molar-refractivity contribution in [1.82, 2.24) is 30.1 Å². The van der Waals surface area contributed by atoms with Gasteiger partial charge in [-0.05, 0) is 54.7 Å². The molecule has 1 saturated heterocycles. The van der Waals surface area contributed by atoms with Crippen molar-refractivity contribution >= 4 is 10.9 Å². The summed E-state index contributed by atoms with van der Waals surface area (Å²) in [6.07, 6.45) is 9.04. The zero-order valence-corrected chi connectivity index (χ0v) is 20.8. The fraction of sp³-hybridized carbons (Fsp3) is 0.615. The number of aromatic amines is 1. The molecule has 0 amide bonds. The molecule has 36 heavy (non-hydrogen) atoms. The Hall–Kier alpha value is -2.98. The van der Waals surface area contributed by atoms with E-state index in [1.165, 1.54) is 19.3 Å². The smallest absolute Gasteiger partial charge is 0.252 e. The Kier molecular flexibility index (Phi) is 6.62. The number of fused-ring (bicyclic) bond motifs is 2. The number of nitrogens with one attached hydrogen (secondary N) is 1. The summed E-state index contributed by atoms with van der Waals surface area (Å²) >= 11 is 0. The minimum atomic E-state index is -0.0732. The lowest BCUT2D eigenvalue weighted by atomic mass is 9.92. The molecule has 2 atom stereocenters. The van der Waals surface area contributed by atoms with E-state index in [1.54, 1.807) is 0 Å². The molecule has 6 rings (SSSR count). The van der Waals surface area contributed by atoms with Crippen molar-refractivity contribution in [3.05, 3.63) is 39.9 Å². The van der Waals surface area contributed by atoms with Crippen molar-refractivity contribution < 1.29 is 14.2 Å². The number of ether oxygens (including phenoxy) is 3. The van der Waals surface area contributed by atoms with Gasteiger partial charge in [0.05, 0.1) is 24.2 Å². The van der Waals surface area contributed by atoms with Gasteiger partial charge in [-0.2, -0.15) is 0 Å². The second kappa shape index (κ2) is 10.2. The van der Waals surface area contributed by atoms with Crippen LogP contribution in [0.5, 0.6) is 11.5 Å². The highest BCUT2D eigenvalue weighted by molar-refractivity contribution is 5.83. The second-order valence-electron chi connectivity index (χ2n) is 10.2. The van der Waals surface area contributed by atoms with E-state index in [2.05, 4.69) is 32.3 Å². The Morgan fingerprint density at radius 3 is 2.72 bits per heavy atom. The summed E-state index contributed by atoms with van der Waals surface area (Å²) in [5.74, 6) is 2.24. The number of hydrogen-bond donors (Lipinski definition) is 1. The van der Waals surface area contributed by atoms with E-state index in [-0.39, 0.29) is 24.5 Å². The van der Waals surface area contributed by atoms with Gasteiger partial charge in [0.1, 0.15) is 0 Å². The molecule has 0 radical (unpaired) electrons. The molecule has 2 aromatic heterocycles. The number of rotatable bonds is 8. The van der Waals surface area contributed by atoms with Crippen molar-refractivity contribution in [3.63, 3.8) is 0 Å². The molecule has 192 valence electrons. The molecular weight excluding hydrogens is 460 g/mol. The van der Waals surface area contributed by atoms with E-state index in [0.717, 1.165) is 61.0 Å². The van der Waals surface area contributed by atoms with Gasteiger partial charge >= 0.3 is 0 Å². The summed E-state index contributed by atoms with van der Waals surface area (Å²) in [5, 5.41) is 13.8. The van der Waals surface area contributed by atoms with Crippen LogP contribution in [0.2, 0.25) is 0 Å². The van der Waals surface area contributed by atoms with Gasteiger partial charge in [0.25, 0.3) is 5.56 Å². The number of nitrogens with zero attached hydrogens (tertiary/aromatic N) is 5. The lowest BCUT2D eigenvalue weighted by molar-refractivity contribution is 0.0734. The van der Waals surface area contributed by atoms with Crippen LogP contribution in [0.25, 0.3) is 10.9 Å². The molecule has 2 aliphatic heterocycles. The van der Waals surface area contributed by atoms with Crippen molar-refractivity contribution in [2.24, 2.45) is 0 Å². The van der Waals surface area contributed by atoms with Crippen LogP contribution < -0.4 is 15.0 Å². The Morgan fingerprint density at radius 2 is 1.94 bits per heavy atom. The minimum Gasteiger partial charge on any atom is -0.454 e. The first-order valence-electron chi connectivity index (χ1n) is 13.3. The average molecular weight is 495 g/mol. The highest BCUT2D eigenvalue weighted by Crippen LogP contribution is 2.36. The lowest BCUT2D eigenvalue weighted by Crippen LogP contribution is -2.41. The largest absolute Gasteiger partial charge is 0.454 e. The van der Waals surface area contributed by atoms with E-state index >= 15 is 0 Å². The summed E-state index contributed by atoms with van der Waals surface area (Å²) in [5.41, 5.74) is 1.42. The van der Waals surface area contributed by atoms with Gasteiger partial charge in [-0.15, -0.1) is 5.10 Å². The van der Waals surface area contributed by atoms with Crippen molar-refractivity contribution in [2.75, 3.05) is 13.4 Å². The van der Waals surface area contributed by atoms with Gasteiger partial charge in [0, 0.05) is 36.2 Å². The van der Waals surface area contributed by atoms with Crippen molar-refractivity contribution in [1.29, 1.82) is 0 Å². The van der Waals surface area contributed by atoms with Gasteiger partial charge < -0.3 is 19.2 Å². The molecule has 0 unspecified atom stereocenters. The van der Waals surface area contributed by atoms with Crippen LogP contribution in [0.15, 0.2) is 23.0 Å². The second-order valence-corrected chi connectivity index (χ2v) is 10.2. The third-order valence-electron chi connectivity index (χ3n) is 7.86. The fourth-order valence-corrected chi connectivity index (χ4v) is 5.99. The van der Waals surface area contributed by atoms with Crippen LogP contribution in [0.3, 0.4) is 0 Å². The molecule has 1 saturated carbocycles. The molecule has 10 heteroatoms. The van der Waals surface area contributed by atoms with Gasteiger partial charge in [-0.3, -0.25) is 9.69 Å². The highest BCUT2D eigenvalue weighted by atomic mass is 16.7. The summed E-state index contributed by atoms with van der Waals surface area (Å²) in [7, 11) is 0. The van der Waals surface area contributed by atoms with Crippen LogP contribution in [-0.2, 0) is 17.8 Å². The number of hydrogen-bond acceptors (Lipinski definition) is 8. The molecular formula is C26H34N6O4. The normalized spacial score (nSPS) is 21.0. The van der Waals surface area contributed by atoms with Crippen molar-refractivity contribution in [2.45, 2.75) is 89.6 Å². The number of H-pyrrole nitrogens is 1. The van der Waals surface area contributed by atoms with Crippen LogP contribution in [0, 0.1) is 0 Å². The Bertz CT molecular complexity index is 1260. The molecule has 2 fully saturated rings.